The standard InChI is InChI=1S/C20H25N3O2S/c1-25-17-10-8-14(9-11-17)18-21-22-19(26-18)16-7-4-12-23(13-16)20(24)15-5-2-3-6-15/h8-11,15-16H,2-7,12-13H2,1H3/t16-/m1/s1. The third-order valence-corrected chi connectivity index (χ3v) is 6.70. The molecule has 138 valence electrons. The van der Waals surface area contributed by atoms with Gasteiger partial charge in [-0.15, -0.1) is 10.2 Å². The Balaban J connectivity index is 1.45. The van der Waals surface area contributed by atoms with Crippen LogP contribution in [0.25, 0.3) is 10.6 Å². The molecule has 0 unspecified atom stereocenters. The zero-order valence-corrected chi connectivity index (χ0v) is 16.0. The third kappa shape index (κ3) is 3.61. The molecule has 1 amide bonds. The van der Waals surface area contributed by atoms with E-state index in [1.807, 2.05) is 24.3 Å². The largest absolute Gasteiger partial charge is 0.497 e. The lowest BCUT2D eigenvalue weighted by atomic mass is 9.96. The fourth-order valence-electron chi connectivity index (χ4n) is 4.06. The van der Waals surface area contributed by atoms with Crippen LogP contribution in [0.2, 0.25) is 0 Å². The van der Waals surface area contributed by atoms with Crippen LogP contribution < -0.4 is 4.74 Å². The Labute approximate surface area is 158 Å². The quantitative estimate of drug-likeness (QED) is 0.812. The molecule has 2 heterocycles. The number of amides is 1. The van der Waals surface area contributed by atoms with Gasteiger partial charge in [0.05, 0.1) is 7.11 Å². The van der Waals surface area contributed by atoms with Gasteiger partial charge in [0.15, 0.2) is 0 Å². The van der Waals surface area contributed by atoms with Crippen molar-refractivity contribution in [3.8, 4) is 16.3 Å². The molecule has 0 N–H and O–H groups in total. The van der Waals surface area contributed by atoms with Crippen LogP contribution in [0.1, 0.15) is 49.5 Å². The number of ether oxygens (including phenoxy) is 1. The molecule has 2 aliphatic rings. The number of rotatable bonds is 4. The molecule has 6 heteroatoms. The fraction of sp³-hybridized carbons (Fsp3) is 0.550. The van der Waals surface area contributed by atoms with E-state index in [4.69, 9.17) is 4.74 Å². The van der Waals surface area contributed by atoms with Crippen molar-refractivity contribution in [1.82, 2.24) is 15.1 Å². The third-order valence-electron chi connectivity index (χ3n) is 5.56. The highest BCUT2D eigenvalue weighted by molar-refractivity contribution is 7.14. The molecule has 1 aliphatic carbocycles. The summed E-state index contributed by atoms with van der Waals surface area (Å²) >= 11 is 1.65. The van der Waals surface area contributed by atoms with Crippen molar-refractivity contribution in [3.05, 3.63) is 29.3 Å². The van der Waals surface area contributed by atoms with Crippen molar-refractivity contribution in [2.45, 2.75) is 44.4 Å². The van der Waals surface area contributed by atoms with Crippen LogP contribution in [-0.2, 0) is 4.79 Å². The second kappa shape index (κ2) is 7.74. The van der Waals surface area contributed by atoms with Crippen LogP contribution in [0.4, 0.5) is 0 Å². The Morgan fingerprint density at radius 1 is 1.12 bits per heavy atom. The fourth-order valence-corrected chi connectivity index (χ4v) is 5.03. The molecule has 5 nitrogen and oxygen atoms in total. The van der Waals surface area contributed by atoms with Crippen LogP contribution in [-0.4, -0.2) is 41.2 Å². The predicted octanol–water partition coefficient (Wildman–Crippen LogP) is 4.11. The molecule has 2 aromatic rings. The smallest absolute Gasteiger partial charge is 0.225 e. The van der Waals surface area contributed by atoms with Crippen LogP contribution in [0.5, 0.6) is 5.75 Å². The highest BCUT2D eigenvalue weighted by Crippen LogP contribution is 2.35. The van der Waals surface area contributed by atoms with E-state index >= 15 is 0 Å². The van der Waals surface area contributed by atoms with Crippen molar-refractivity contribution in [2.75, 3.05) is 20.2 Å². The molecular formula is C20H25N3O2S. The molecule has 0 radical (unpaired) electrons. The van der Waals surface area contributed by atoms with Crippen LogP contribution in [0.3, 0.4) is 0 Å². The number of methoxy groups -OCH3 is 1. The van der Waals surface area contributed by atoms with Crippen molar-refractivity contribution < 1.29 is 9.53 Å². The zero-order valence-electron chi connectivity index (χ0n) is 15.2. The van der Waals surface area contributed by atoms with E-state index in [-0.39, 0.29) is 5.92 Å². The molecule has 26 heavy (non-hydrogen) atoms. The number of carbonyl (C=O) groups is 1. The maximum atomic E-state index is 12.7. The van der Waals surface area contributed by atoms with Crippen LogP contribution in [0.15, 0.2) is 24.3 Å². The lowest BCUT2D eigenvalue weighted by Crippen LogP contribution is -2.41. The lowest BCUT2D eigenvalue weighted by Gasteiger charge is -2.33. The first-order valence-electron chi connectivity index (χ1n) is 9.51. The van der Waals surface area contributed by atoms with Gasteiger partial charge in [-0.2, -0.15) is 0 Å². The molecule has 4 rings (SSSR count). The molecule has 0 spiro atoms. The maximum Gasteiger partial charge on any atom is 0.225 e. The average Bonchev–Trinajstić information content (AvgIpc) is 3.40. The van der Waals surface area contributed by atoms with Gasteiger partial charge in [0.2, 0.25) is 5.91 Å². The summed E-state index contributed by atoms with van der Waals surface area (Å²) in [6.07, 6.45) is 6.69. The summed E-state index contributed by atoms with van der Waals surface area (Å²) in [6, 6.07) is 7.91. The Kier molecular flexibility index (Phi) is 5.20. The maximum absolute atomic E-state index is 12.7. The van der Waals surface area contributed by atoms with Crippen LogP contribution >= 0.6 is 11.3 Å². The molecule has 1 saturated heterocycles. The SMILES string of the molecule is COc1ccc(-c2nnc([C@@H]3CCCN(C(=O)C4CCCC4)C3)s2)cc1. The Morgan fingerprint density at radius 3 is 2.62 bits per heavy atom. The average molecular weight is 372 g/mol. The summed E-state index contributed by atoms with van der Waals surface area (Å²) in [5, 5.41) is 10.8. The van der Waals surface area contributed by atoms with Crippen molar-refractivity contribution >= 4 is 17.2 Å². The Morgan fingerprint density at radius 2 is 1.88 bits per heavy atom. The van der Waals surface area contributed by atoms with E-state index in [9.17, 15) is 4.79 Å². The monoisotopic (exact) mass is 371 g/mol. The first-order chi connectivity index (χ1) is 12.7. The predicted molar refractivity (Wildman–Crippen MR) is 102 cm³/mol. The van der Waals surface area contributed by atoms with Gasteiger partial charge in [0, 0.05) is 30.5 Å². The molecule has 1 aliphatic heterocycles. The highest BCUT2D eigenvalue weighted by atomic mass is 32.1. The molecule has 2 fully saturated rings. The summed E-state index contributed by atoms with van der Waals surface area (Å²) < 4.78 is 5.21. The number of hydrogen-bond donors (Lipinski definition) is 0. The molecular weight excluding hydrogens is 346 g/mol. The molecule has 0 bridgehead atoms. The first-order valence-corrected chi connectivity index (χ1v) is 10.3. The highest BCUT2D eigenvalue weighted by Gasteiger charge is 2.32. The molecule has 1 aromatic heterocycles. The minimum Gasteiger partial charge on any atom is -0.497 e. The van der Waals surface area contributed by atoms with E-state index in [2.05, 4.69) is 15.1 Å². The van der Waals surface area contributed by atoms with Gasteiger partial charge in [-0.25, -0.2) is 0 Å². The number of carbonyl (C=O) groups excluding carboxylic acids is 1. The van der Waals surface area contributed by atoms with Gasteiger partial charge >= 0.3 is 0 Å². The number of benzene rings is 1. The van der Waals surface area contributed by atoms with Gasteiger partial charge in [-0.3, -0.25) is 4.79 Å². The second-order valence-electron chi connectivity index (χ2n) is 7.28. The second-order valence-corrected chi connectivity index (χ2v) is 8.29. The normalized spacial score (nSPS) is 21.1. The zero-order chi connectivity index (χ0) is 17.9. The van der Waals surface area contributed by atoms with Crippen molar-refractivity contribution in [1.29, 1.82) is 0 Å². The Hall–Kier alpha value is -1.95. The van der Waals surface area contributed by atoms with E-state index < -0.39 is 0 Å². The van der Waals surface area contributed by atoms with Crippen molar-refractivity contribution in [2.24, 2.45) is 5.92 Å². The number of hydrogen-bond acceptors (Lipinski definition) is 5. The van der Waals surface area contributed by atoms with Gasteiger partial charge in [-0.1, -0.05) is 24.2 Å². The minimum atomic E-state index is 0.262. The van der Waals surface area contributed by atoms with Gasteiger partial charge < -0.3 is 9.64 Å². The number of nitrogens with zero attached hydrogens (tertiary/aromatic N) is 3. The summed E-state index contributed by atoms with van der Waals surface area (Å²) in [7, 11) is 1.67. The lowest BCUT2D eigenvalue weighted by molar-refractivity contribution is -0.136. The minimum absolute atomic E-state index is 0.262. The molecule has 1 aromatic carbocycles. The summed E-state index contributed by atoms with van der Waals surface area (Å²) in [6.45, 7) is 1.70. The topological polar surface area (TPSA) is 55.3 Å². The summed E-state index contributed by atoms with van der Waals surface area (Å²) in [5.41, 5.74) is 1.06. The van der Waals surface area contributed by atoms with E-state index in [0.29, 0.717) is 11.8 Å². The number of piperidine rings is 1. The van der Waals surface area contributed by atoms with Gasteiger partial charge in [0.25, 0.3) is 0 Å². The van der Waals surface area contributed by atoms with Crippen LogP contribution in [0, 0.1) is 5.92 Å². The molecule has 1 saturated carbocycles. The first kappa shape index (κ1) is 17.5. The molecule has 1 atom stereocenters. The van der Waals surface area contributed by atoms with Gasteiger partial charge in [0.1, 0.15) is 15.8 Å². The van der Waals surface area contributed by atoms with E-state index in [1.54, 1.807) is 18.4 Å². The van der Waals surface area contributed by atoms with Gasteiger partial charge in [-0.05, 0) is 49.9 Å². The van der Waals surface area contributed by atoms with Crippen molar-refractivity contribution in [3.63, 3.8) is 0 Å². The Bertz CT molecular complexity index is 753. The number of likely N-dealkylation sites (tertiary alicyclic amines) is 1. The number of aromatic nitrogens is 2. The summed E-state index contributed by atoms with van der Waals surface area (Å²) in [5.74, 6) is 1.79. The van der Waals surface area contributed by atoms with E-state index in [1.165, 1.54) is 12.8 Å². The summed E-state index contributed by atoms with van der Waals surface area (Å²) in [4.78, 5) is 14.8. The van der Waals surface area contributed by atoms with E-state index in [0.717, 1.165) is 60.1 Å².